The van der Waals surface area contributed by atoms with Gasteiger partial charge in [0.05, 0.1) is 26.4 Å². The molecule has 2 aromatic rings. The number of carbonyl (C=O) groups excluding carboxylic acids is 2. The van der Waals surface area contributed by atoms with Crippen LogP contribution in [0.15, 0.2) is 24.3 Å². The number of urea groups is 1. The Morgan fingerprint density at radius 3 is 2.32 bits per heavy atom. The monoisotopic (exact) mass is 513 g/mol. The average Bonchev–Trinajstić information content (AvgIpc) is 2.91. The molecule has 1 aromatic heterocycles. The summed E-state index contributed by atoms with van der Waals surface area (Å²) in [6.45, 7) is 9.83. The lowest BCUT2D eigenvalue weighted by molar-refractivity contribution is 0.0514. The average molecular weight is 514 g/mol. The lowest BCUT2D eigenvalue weighted by atomic mass is 10.2. The zero-order valence-electron chi connectivity index (χ0n) is 21.7. The highest BCUT2D eigenvalue weighted by Gasteiger charge is 2.27. The molecule has 0 atom stereocenters. The molecule has 0 bridgehead atoms. The first-order valence-electron chi connectivity index (χ1n) is 12.6. The first-order valence-corrected chi connectivity index (χ1v) is 12.6. The van der Waals surface area contributed by atoms with Crippen LogP contribution in [0.2, 0.25) is 0 Å². The van der Waals surface area contributed by atoms with Gasteiger partial charge in [0.1, 0.15) is 0 Å². The van der Waals surface area contributed by atoms with Crippen LogP contribution in [0, 0.1) is 0 Å². The summed E-state index contributed by atoms with van der Waals surface area (Å²) < 4.78 is 16.6. The number of likely N-dealkylation sites (N-methyl/N-ethyl adjacent to an activating group) is 1. The first kappa shape index (κ1) is 26.6. The van der Waals surface area contributed by atoms with Gasteiger partial charge in [-0.1, -0.05) is 0 Å². The maximum atomic E-state index is 12.8. The second-order valence-corrected chi connectivity index (χ2v) is 8.74. The molecule has 200 valence electrons. The molecular formula is C25H35N7O5. The third-order valence-corrected chi connectivity index (χ3v) is 6.08. The topological polar surface area (TPSA) is 121 Å². The van der Waals surface area contributed by atoms with Crippen LogP contribution >= 0.6 is 0 Å². The second kappa shape index (κ2) is 12.7. The summed E-state index contributed by atoms with van der Waals surface area (Å²) in [5, 5.41) is 4.76. The molecule has 2 N–H and O–H groups in total. The van der Waals surface area contributed by atoms with Crippen molar-refractivity contribution in [1.29, 1.82) is 0 Å². The number of morpholine rings is 1. The quantitative estimate of drug-likeness (QED) is 0.506. The van der Waals surface area contributed by atoms with Crippen LogP contribution in [0.25, 0.3) is 11.4 Å². The van der Waals surface area contributed by atoms with E-state index in [0.717, 1.165) is 26.2 Å². The van der Waals surface area contributed by atoms with Crippen LogP contribution in [-0.2, 0) is 9.47 Å². The van der Waals surface area contributed by atoms with Gasteiger partial charge in [0.15, 0.2) is 23.1 Å². The Labute approximate surface area is 216 Å². The maximum Gasteiger partial charge on any atom is 0.361 e. The summed E-state index contributed by atoms with van der Waals surface area (Å²) in [6.07, 6.45) is 0. The molecule has 37 heavy (non-hydrogen) atoms. The van der Waals surface area contributed by atoms with Crippen molar-refractivity contribution in [3.8, 4) is 17.1 Å². The lowest BCUT2D eigenvalue weighted by Gasteiger charge is -2.32. The summed E-state index contributed by atoms with van der Waals surface area (Å²) in [5.74, 6) is 0.641. The zero-order valence-corrected chi connectivity index (χ0v) is 21.7. The number of benzene rings is 1. The van der Waals surface area contributed by atoms with E-state index in [1.165, 1.54) is 0 Å². The number of carbonyl (C=O) groups is 2. The van der Waals surface area contributed by atoms with Crippen LogP contribution in [-0.4, -0.2) is 105 Å². The molecule has 0 unspecified atom stereocenters. The minimum Gasteiger partial charge on any atom is -0.488 e. The molecule has 12 heteroatoms. The fraction of sp³-hybridized carbons (Fsp3) is 0.520. The van der Waals surface area contributed by atoms with Gasteiger partial charge in [-0.2, -0.15) is 0 Å². The molecule has 0 radical (unpaired) electrons. The van der Waals surface area contributed by atoms with E-state index in [1.807, 2.05) is 16.8 Å². The number of aromatic nitrogens is 2. The third kappa shape index (κ3) is 6.85. The van der Waals surface area contributed by atoms with Crippen molar-refractivity contribution in [2.75, 3.05) is 83.0 Å². The molecule has 0 saturated carbocycles. The van der Waals surface area contributed by atoms with Crippen LogP contribution < -0.4 is 20.4 Å². The van der Waals surface area contributed by atoms with Crippen molar-refractivity contribution in [2.45, 2.75) is 13.8 Å². The molecular weight excluding hydrogens is 478 g/mol. The SMILES string of the molecule is CCOC(=O)c1nc(-c2ccc(NC(=O)NN3CCN(C)CC3)cc2)nc(N2CCOCC2)c1OCC. The zero-order chi connectivity index (χ0) is 26.2. The number of nitrogens with one attached hydrogen (secondary N) is 2. The van der Waals surface area contributed by atoms with Crippen LogP contribution in [0.3, 0.4) is 0 Å². The number of hydrogen-bond acceptors (Lipinski definition) is 10. The van der Waals surface area contributed by atoms with Crippen molar-refractivity contribution in [3.63, 3.8) is 0 Å². The van der Waals surface area contributed by atoms with Gasteiger partial charge in [-0.3, -0.25) is 5.43 Å². The van der Waals surface area contributed by atoms with E-state index in [-0.39, 0.29) is 18.3 Å². The molecule has 2 aliphatic heterocycles. The number of hydrogen-bond donors (Lipinski definition) is 2. The smallest absolute Gasteiger partial charge is 0.361 e. The molecule has 12 nitrogen and oxygen atoms in total. The molecule has 1 aromatic carbocycles. The number of anilines is 2. The van der Waals surface area contributed by atoms with Crippen molar-refractivity contribution < 1.29 is 23.8 Å². The van der Waals surface area contributed by atoms with E-state index >= 15 is 0 Å². The van der Waals surface area contributed by atoms with Gasteiger partial charge in [0, 0.05) is 50.5 Å². The summed E-state index contributed by atoms with van der Waals surface area (Å²) in [7, 11) is 2.06. The largest absolute Gasteiger partial charge is 0.488 e. The number of esters is 1. The van der Waals surface area contributed by atoms with Crippen LogP contribution in [0.1, 0.15) is 24.3 Å². The van der Waals surface area contributed by atoms with E-state index in [4.69, 9.17) is 19.2 Å². The van der Waals surface area contributed by atoms with Crippen molar-refractivity contribution >= 4 is 23.5 Å². The van der Waals surface area contributed by atoms with Crippen molar-refractivity contribution in [3.05, 3.63) is 30.0 Å². The van der Waals surface area contributed by atoms with Crippen molar-refractivity contribution in [2.24, 2.45) is 0 Å². The Morgan fingerprint density at radius 2 is 1.68 bits per heavy atom. The van der Waals surface area contributed by atoms with Crippen LogP contribution in [0.4, 0.5) is 16.3 Å². The molecule has 2 saturated heterocycles. The number of piperazine rings is 1. The molecule has 3 heterocycles. The maximum absolute atomic E-state index is 12.8. The van der Waals surface area contributed by atoms with Gasteiger partial charge >= 0.3 is 12.0 Å². The number of rotatable bonds is 8. The molecule has 2 fully saturated rings. The fourth-order valence-electron chi connectivity index (χ4n) is 4.10. The standard InChI is InChI=1S/C25H35N7O5/c1-4-36-21-20(24(33)37-5-2)27-22(28-23(21)31-14-16-35-17-15-31)18-6-8-19(9-7-18)26-25(34)29-32-12-10-30(3)11-13-32/h6-9H,4-5,10-17H2,1-3H3,(H2,26,29,34). The lowest BCUT2D eigenvalue weighted by Crippen LogP contribution is -2.53. The fourth-order valence-corrected chi connectivity index (χ4v) is 4.10. The number of nitrogens with zero attached hydrogens (tertiary/aromatic N) is 5. The van der Waals surface area contributed by atoms with Crippen molar-refractivity contribution in [1.82, 2.24) is 25.3 Å². The van der Waals surface area contributed by atoms with Gasteiger partial charge in [-0.25, -0.2) is 24.6 Å². The minimum atomic E-state index is -0.567. The van der Waals surface area contributed by atoms with E-state index in [1.54, 1.807) is 31.2 Å². The van der Waals surface area contributed by atoms with E-state index < -0.39 is 5.97 Å². The normalized spacial score (nSPS) is 16.8. The predicted octanol–water partition coefficient (Wildman–Crippen LogP) is 1.84. The summed E-state index contributed by atoms with van der Waals surface area (Å²) in [6, 6.07) is 6.86. The summed E-state index contributed by atoms with van der Waals surface area (Å²) >= 11 is 0. The van der Waals surface area contributed by atoms with Crippen LogP contribution in [0.5, 0.6) is 5.75 Å². The number of hydrazine groups is 1. The Hall–Kier alpha value is -3.48. The molecule has 2 amide bonds. The number of ether oxygens (including phenoxy) is 3. The third-order valence-electron chi connectivity index (χ3n) is 6.08. The second-order valence-electron chi connectivity index (χ2n) is 8.74. The van der Waals surface area contributed by atoms with E-state index in [9.17, 15) is 9.59 Å². The van der Waals surface area contributed by atoms with Gasteiger partial charge in [0.2, 0.25) is 0 Å². The van der Waals surface area contributed by atoms with Gasteiger partial charge < -0.3 is 29.3 Å². The molecule has 2 aliphatic rings. The summed E-state index contributed by atoms with van der Waals surface area (Å²) in [5.41, 5.74) is 4.28. The highest BCUT2D eigenvalue weighted by molar-refractivity contribution is 5.93. The molecule has 0 aliphatic carbocycles. The van der Waals surface area contributed by atoms with Gasteiger partial charge in [0.25, 0.3) is 0 Å². The first-order chi connectivity index (χ1) is 18.0. The highest BCUT2D eigenvalue weighted by atomic mass is 16.5. The minimum absolute atomic E-state index is 0.0870. The molecule has 0 spiro atoms. The Bertz CT molecular complexity index is 1070. The number of amides is 2. The predicted molar refractivity (Wildman–Crippen MR) is 139 cm³/mol. The van der Waals surface area contributed by atoms with Gasteiger partial charge in [-0.05, 0) is 45.2 Å². The van der Waals surface area contributed by atoms with E-state index in [2.05, 4.69) is 27.7 Å². The Kier molecular flexibility index (Phi) is 9.09. The van der Waals surface area contributed by atoms with Gasteiger partial charge in [-0.15, -0.1) is 0 Å². The Morgan fingerprint density at radius 1 is 0.973 bits per heavy atom. The van der Waals surface area contributed by atoms with E-state index in [0.29, 0.717) is 61.6 Å². The Balaban J connectivity index is 1.56. The summed E-state index contributed by atoms with van der Waals surface area (Å²) in [4.78, 5) is 38.8. The molecule has 4 rings (SSSR count). The highest BCUT2D eigenvalue weighted by Crippen LogP contribution is 2.33.